The van der Waals surface area contributed by atoms with E-state index in [9.17, 15) is 0 Å². The first-order valence-corrected chi connectivity index (χ1v) is 17.9. The molecule has 0 spiro atoms. The van der Waals surface area contributed by atoms with Crippen molar-refractivity contribution in [3.8, 4) is 44.5 Å². The topological polar surface area (TPSA) is 3.24 Å². The Hall–Kier alpha value is -5.89. The van der Waals surface area contributed by atoms with Gasteiger partial charge in [-0.3, -0.25) is 0 Å². The van der Waals surface area contributed by atoms with Crippen LogP contribution in [0.1, 0.15) is 25.0 Å². The Morgan fingerprint density at radius 2 is 0.980 bits per heavy atom. The molecule has 0 bridgehead atoms. The van der Waals surface area contributed by atoms with Crippen molar-refractivity contribution in [2.24, 2.45) is 0 Å². The van der Waals surface area contributed by atoms with Crippen molar-refractivity contribution in [2.45, 2.75) is 19.3 Å². The number of benzene rings is 8. The van der Waals surface area contributed by atoms with Crippen molar-refractivity contribution in [1.82, 2.24) is 0 Å². The molecule has 8 aromatic carbocycles. The molecule has 0 unspecified atom stereocenters. The van der Waals surface area contributed by atoms with E-state index in [0.29, 0.717) is 5.02 Å². The Balaban J connectivity index is 1.20. The van der Waals surface area contributed by atoms with Crippen molar-refractivity contribution in [3.63, 3.8) is 0 Å². The van der Waals surface area contributed by atoms with Crippen LogP contribution in [0.2, 0.25) is 5.02 Å². The molecule has 0 aromatic heterocycles. The van der Waals surface area contributed by atoms with Gasteiger partial charge in [-0.1, -0.05) is 159 Å². The highest BCUT2D eigenvalue weighted by atomic mass is 35.5. The Kier molecular flexibility index (Phi) is 7.60. The molecule has 0 amide bonds. The Morgan fingerprint density at radius 3 is 1.65 bits per heavy atom. The zero-order chi connectivity index (χ0) is 34.5. The van der Waals surface area contributed by atoms with E-state index in [1.807, 2.05) is 0 Å². The smallest absolute Gasteiger partial charge is 0.0482 e. The lowest BCUT2D eigenvalue weighted by atomic mass is 9.81. The molecule has 1 aliphatic carbocycles. The maximum Gasteiger partial charge on any atom is 0.0482 e. The summed E-state index contributed by atoms with van der Waals surface area (Å²) in [6.45, 7) is 4.70. The highest BCUT2D eigenvalue weighted by Crippen LogP contribution is 2.52. The number of hydrogen-bond acceptors (Lipinski definition) is 1. The molecular weight excluding hydrogens is 638 g/mol. The monoisotopic (exact) mass is 673 g/mol. The van der Waals surface area contributed by atoms with E-state index in [1.54, 1.807) is 0 Å². The molecule has 8 aromatic rings. The molecule has 0 N–H and O–H groups in total. The van der Waals surface area contributed by atoms with Gasteiger partial charge in [0, 0.05) is 27.5 Å². The molecule has 0 saturated heterocycles. The molecule has 51 heavy (non-hydrogen) atoms. The second-order valence-corrected chi connectivity index (χ2v) is 14.4. The van der Waals surface area contributed by atoms with Gasteiger partial charge in [0.25, 0.3) is 0 Å². The first-order chi connectivity index (χ1) is 24.9. The minimum atomic E-state index is -0.131. The molecule has 0 fully saturated rings. The first kappa shape index (κ1) is 31.1. The third kappa shape index (κ3) is 5.51. The fourth-order valence-corrected chi connectivity index (χ4v) is 8.14. The number of halogens is 1. The van der Waals surface area contributed by atoms with Crippen LogP contribution in [0.4, 0.5) is 17.1 Å². The average molecular weight is 674 g/mol. The SMILES string of the molecule is CC1(C)c2cc(-c3cc(Cl)cc(N(c4cccc(-c5ccccc5)c4)c4cccc(-c5ccccc5)c4)c3)ccc2-c2c1ccc1ccccc21. The molecule has 0 radical (unpaired) electrons. The molecule has 0 heterocycles. The van der Waals surface area contributed by atoms with Crippen molar-refractivity contribution >= 4 is 39.4 Å². The van der Waals surface area contributed by atoms with Crippen LogP contribution in [0.5, 0.6) is 0 Å². The van der Waals surface area contributed by atoms with Gasteiger partial charge in [-0.05, 0) is 115 Å². The van der Waals surface area contributed by atoms with Crippen LogP contribution >= 0.6 is 11.6 Å². The number of fused-ring (bicyclic) bond motifs is 5. The third-order valence-corrected chi connectivity index (χ3v) is 10.7. The minimum Gasteiger partial charge on any atom is -0.310 e. The van der Waals surface area contributed by atoms with Crippen LogP contribution in [0.3, 0.4) is 0 Å². The molecule has 244 valence electrons. The molecule has 1 nitrogen and oxygen atoms in total. The summed E-state index contributed by atoms with van der Waals surface area (Å²) >= 11 is 7.06. The predicted molar refractivity (Wildman–Crippen MR) is 218 cm³/mol. The van der Waals surface area contributed by atoms with E-state index >= 15 is 0 Å². The number of anilines is 3. The lowest BCUT2D eigenvalue weighted by Gasteiger charge is -2.27. The van der Waals surface area contributed by atoms with Crippen LogP contribution < -0.4 is 4.90 Å². The standard InChI is InChI=1S/C49H36ClN/c1-49(2)46-26-24-35-17-9-10-22-44(35)48(46)45-25-23-38(31-47(45)49)39-27-40(50)32-43(30-39)51(41-20-11-18-36(28-41)33-13-5-3-6-14-33)42-21-12-19-37(29-42)34-15-7-4-8-16-34/h3-32H,1-2H3. The van der Waals surface area contributed by atoms with Crippen LogP contribution in [0, 0.1) is 0 Å². The van der Waals surface area contributed by atoms with Gasteiger partial charge in [-0.2, -0.15) is 0 Å². The largest absolute Gasteiger partial charge is 0.310 e. The van der Waals surface area contributed by atoms with Crippen LogP contribution in [0.15, 0.2) is 182 Å². The van der Waals surface area contributed by atoms with Gasteiger partial charge >= 0.3 is 0 Å². The maximum atomic E-state index is 7.06. The van der Waals surface area contributed by atoms with E-state index in [-0.39, 0.29) is 5.41 Å². The fraction of sp³-hybridized carbons (Fsp3) is 0.0612. The summed E-state index contributed by atoms with van der Waals surface area (Å²) in [6, 6.07) is 65.4. The quantitative estimate of drug-likeness (QED) is 0.170. The maximum absolute atomic E-state index is 7.06. The van der Waals surface area contributed by atoms with Crippen LogP contribution in [-0.4, -0.2) is 0 Å². The van der Waals surface area contributed by atoms with E-state index in [2.05, 4.69) is 201 Å². The zero-order valence-corrected chi connectivity index (χ0v) is 29.4. The first-order valence-electron chi connectivity index (χ1n) is 17.5. The van der Waals surface area contributed by atoms with Gasteiger partial charge in [0.2, 0.25) is 0 Å². The van der Waals surface area contributed by atoms with Gasteiger partial charge < -0.3 is 4.90 Å². The summed E-state index contributed by atoms with van der Waals surface area (Å²) in [5.41, 5.74) is 15.3. The molecule has 0 atom stereocenters. The predicted octanol–water partition coefficient (Wildman–Crippen LogP) is 14.3. The molecule has 1 aliphatic rings. The Labute approximate surface area is 305 Å². The Morgan fingerprint density at radius 1 is 0.412 bits per heavy atom. The third-order valence-electron chi connectivity index (χ3n) is 10.5. The highest BCUT2D eigenvalue weighted by Gasteiger charge is 2.36. The zero-order valence-electron chi connectivity index (χ0n) is 28.6. The van der Waals surface area contributed by atoms with Gasteiger partial charge in [-0.15, -0.1) is 0 Å². The fourth-order valence-electron chi connectivity index (χ4n) is 7.91. The second kappa shape index (κ2) is 12.5. The summed E-state index contributed by atoms with van der Waals surface area (Å²) in [4.78, 5) is 2.33. The van der Waals surface area contributed by atoms with Crippen molar-refractivity contribution < 1.29 is 0 Å². The molecule has 0 saturated carbocycles. The summed E-state index contributed by atoms with van der Waals surface area (Å²) in [5.74, 6) is 0. The lowest BCUT2D eigenvalue weighted by Crippen LogP contribution is -2.15. The number of hydrogen-bond donors (Lipinski definition) is 0. The van der Waals surface area contributed by atoms with Gasteiger partial charge in [0.1, 0.15) is 0 Å². The van der Waals surface area contributed by atoms with E-state index < -0.39 is 0 Å². The summed E-state index contributed by atoms with van der Waals surface area (Å²) in [5, 5.41) is 3.28. The summed E-state index contributed by atoms with van der Waals surface area (Å²) in [6.07, 6.45) is 0. The summed E-state index contributed by atoms with van der Waals surface area (Å²) < 4.78 is 0. The van der Waals surface area contributed by atoms with E-state index in [4.69, 9.17) is 11.6 Å². The number of nitrogens with zero attached hydrogens (tertiary/aromatic N) is 1. The van der Waals surface area contributed by atoms with Gasteiger partial charge in [-0.25, -0.2) is 0 Å². The second-order valence-electron chi connectivity index (χ2n) is 14.0. The van der Waals surface area contributed by atoms with Gasteiger partial charge in [0.05, 0.1) is 0 Å². The van der Waals surface area contributed by atoms with Crippen LogP contribution in [-0.2, 0) is 5.41 Å². The number of rotatable bonds is 6. The van der Waals surface area contributed by atoms with Crippen molar-refractivity contribution in [1.29, 1.82) is 0 Å². The van der Waals surface area contributed by atoms with E-state index in [0.717, 1.165) is 39.3 Å². The van der Waals surface area contributed by atoms with Crippen molar-refractivity contribution in [3.05, 3.63) is 198 Å². The van der Waals surface area contributed by atoms with Gasteiger partial charge in [0.15, 0.2) is 0 Å². The highest BCUT2D eigenvalue weighted by molar-refractivity contribution is 6.31. The average Bonchev–Trinajstić information content (AvgIpc) is 3.41. The minimum absolute atomic E-state index is 0.131. The van der Waals surface area contributed by atoms with E-state index in [1.165, 1.54) is 44.2 Å². The summed E-state index contributed by atoms with van der Waals surface area (Å²) in [7, 11) is 0. The molecule has 9 rings (SSSR count). The lowest BCUT2D eigenvalue weighted by molar-refractivity contribution is 0.661. The molecular formula is C49H36ClN. The normalized spacial score (nSPS) is 12.8. The molecule has 2 heteroatoms. The molecule has 0 aliphatic heterocycles. The Bertz CT molecular complexity index is 2480. The van der Waals surface area contributed by atoms with Crippen molar-refractivity contribution in [2.75, 3.05) is 4.90 Å². The van der Waals surface area contributed by atoms with Crippen LogP contribution in [0.25, 0.3) is 55.3 Å².